The predicted molar refractivity (Wildman–Crippen MR) is 72.3 cm³/mol. The van der Waals surface area contributed by atoms with Crippen molar-refractivity contribution in [1.82, 2.24) is 15.0 Å². The standard InChI is InChI=1S/C14H12N4/c1-15-14-17-9-7-13(18-14)11-6-8-16-12-5-3-2-4-10(11)12/h2-9H,1H3,(H,15,17,18). The van der Waals surface area contributed by atoms with Crippen molar-refractivity contribution in [2.75, 3.05) is 12.4 Å². The summed E-state index contributed by atoms with van der Waals surface area (Å²) in [5.74, 6) is 0.619. The highest BCUT2D eigenvalue weighted by Gasteiger charge is 2.06. The molecule has 88 valence electrons. The number of nitrogens with zero attached hydrogens (tertiary/aromatic N) is 3. The number of rotatable bonds is 2. The average molecular weight is 236 g/mol. The van der Waals surface area contributed by atoms with Gasteiger partial charge in [0.05, 0.1) is 11.2 Å². The summed E-state index contributed by atoms with van der Waals surface area (Å²) in [4.78, 5) is 12.9. The van der Waals surface area contributed by atoms with Crippen LogP contribution in [0.3, 0.4) is 0 Å². The number of para-hydroxylation sites is 1. The Kier molecular flexibility index (Phi) is 2.61. The van der Waals surface area contributed by atoms with Crippen LogP contribution in [0.2, 0.25) is 0 Å². The number of hydrogen-bond donors (Lipinski definition) is 1. The van der Waals surface area contributed by atoms with E-state index >= 15 is 0 Å². The third-order valence-electron chi connectivity index (χ3n) is 2.80. The molecule has 0 radical (unpaired) electrons. The molecule has 0 spiro atoms. The molecular weight excluding hydrogens is 224 g/mol. The summed E-state index contributed by atoms with van der Waals surface area (Å²) in [7, 11) is 1.81. The predicted octanol–water partition coefficient (Wildman–Crippen LogP) is 2.73. The van der Waals surface area contributed by atoms with E-state index in [1.54, 1.807) is 12.4 Å². The Hall–Kier alpha value is -2.49. The summed E-state index contributed by atoms with van der Waals surface area (Å²) >= 11 is 0. The van der Waals surface area contributed by atoms with Crippen LogP contribution in [0.15, 0.2) is 48.8 Å². The molecule has 0 fully saturated rings. The number of hydrogen-bond acceptors (Lipinski definition) is 4. The quantitative estimate of drug-likeness (QED) is 0.743. The Morgan fingerprint density at radius 2 is 1.78 bits per heavy atom. The van der Waals surface area contributed by atoms with Gasteiger partial charge in [-0.2, -0.15) is 0 Å². The lowest BCUT2D eigenvalue weighted by Crippen LogP contribution is -1.97. The van der Waals surface area contributed by atoms with Gasteiger partial charge in [0, 0.05) is 30.4 Å². The van der Waals surface area contributed by atoms with Crippen LogP contribution in [0, 0.1) is 0 Å². The zero-order valence-corrected chi connectivity index (χ0v) is 9.96. The van der Waals surface area contributed by atoms with E-state index in [2.05, 4.69) is 26.3 Å². The van der Waals surface area contributed by atoms with Gasteiger partial charge in [0.15, 0.2) is 0 Å². The fourth-order valence-corrected chi connectivity index (χ4v) is 1.95. The normalized spacial score (nSPS) is 10.5. The molecule has 0 aliphatic carbocycles. The number of fused-ring (bicyclic) bond motifs is 1. The topological polar surface area (TPSA) is 50.7 Å². The third kappa shape index (κ3) is 1.78. The van der Waals surface area contributed by atoms with E-state index in [0.717, 1.165) is 22.2 Å². The highest BCUT2D eigenvalue weighted by atomic mass is 15.1. The first-order valence-corrected chi connectivity index (χ1v) is 5.73. The Balaban J connectivity index is 2.24. The number of benzene rings is 1. The van der Waals surface area contributed by atoms with Crippen LogP contribution in [-0.2, 0) is 0 Å². The maximum atomic E-state index is 4.46. The van der Waals surface area contributed by atoms with Gasteiger partial charge in [0.25, 0.3) is 0 Å². The van der Waals surface area contributed by atoms with Gasteiger partial charge >= 0.3 is 0 Å². The van der Waals surface area contributed by atoms with Crippen LogP contribution in [0.4, 0.5) is 5.95 Å². The van der Waals surface area contributed by atoms with Crippen molar-refractivity contribution in [3.63, 3.8) is 0 Å². The molecule has 18 heavy (non-hydrogen) atoms. The van der Waals surface area contributed by atoms with Crippen molar-refractivity contribution in [3.8, 4) is 11.3 Å². The SMILES string of the molecule is CNc1nccc(-c2ccnc3ccccc23)n1. The molecule has 0 saturated heterocycles. The van der Waals surface area contributed by atoms with Crippen molar-refractivity contribution in [2.45, 2.75) is 0 Å². The summed E-state index contributed by atoms with van der Waals surface area (Å²) in [5.41, 5.74) is 2.94. The maximum Gasteiger partial charge on any atom is 0.222 e. The van der Waals surface area contributed by atoms with Gasteiger partial charge in [-0.1, -0.05) is 18.2 Å². The van der Waals surface area contributed by atoms with Crippen molar-refractivity contribution < 1.29 is 0 Å². The molecule has 0 unspecified atom stereocenters. The van der Waals surface area contributed by atoms with Crippen LogP contribution in [0.25, 0.3) is 22.2 Å². The minimum Gasteiger partial charge on any atom is -0.357 e. The molecule has 1 N–H and O–H groups in total. The first-order chi connectivity index (χ1) is 8.88. The second kappa shape index (κ2) is 4.41. The van der Waals surface area contributed by atoms with Gasteiger partial charge in [-0.15, -0.1) is 0 Å². The van der Waals surface area contributed by atoms with Crippen molar-refractivity contribution in [2.24, 2.45) is 0 Å². The largest absolute Gasteiger partial charge is 0.357 e. The number of aromatic nitrogens is 3. The molecule has 0 atom stereocenters. The molecule has 3 rings (SSSR count). The van der Waals surface area contributed by atoms with Gasteiger partial charge in [-0.3, -0.25) is 4.98 Å². The number of pyridine rings is 1. The van der Waals surface area contributed by atoms with Crippen molar-refractivity contribution >= 4 is 16.9 Å². The lowest BCUT2D eigenvalue weighted by molar-refractivity contribution is 1.16. The fraction of sp³-hybridized carbons (Fsp3) is 0.0714. The van der Waals surface area contributed by atoms with Crippen LogP contribution in [-0.4, -0.2) is 22.0 Å². The molecule has 0 aliphatic heterocycles. The van der Waals surface area contributed by atoms with E-state index in [4.69, 9.17) is 0 Å². The Morgan fingerprint density at radius 1 is 0.944 bits per heavy atom. The molecule has 2 aromatic heterocycles. The fourth-order valence-electron chi connectivity index (χ4n) is 1.95. The van der Waals surface area contributed by atoms with E-state index in [1.165, 1.54) is 0 Å². The van der Waals surface area contributed by atoms with Crippen LogP contribution in [0.5, 0.6) is 0 Å². The van der Waals surface area contributed by atoms with E-state index in [-0.39, 0.29) is 0 Å². The van der Waals surface area contributed by atoms with Crippen LogP contribution < -0.4 is 5.32 Å². The summed E-state index contributed by atoms with van der Waals surface area (Å²) in [6.07, 6.45) is 3.56. The highest BCUT2D eigenvalue weighted by Crippen LogP contribution is 2.25. The molecule has 4 heteroatoms. The van der Waals surface area contributed by atoms with Gasteiger partial charge in [-0.25, -0.2) is 9.97 Å². The summed E-state index contributed by atoms with van der Waals surface area (Å²) in [5, 5.41) is 4.05. The Morgan fingerprint density at radius 3 is 2.67 bits per heavy atom. The van der Waals surface area contributed by atoms with Gasteiger partial charge in [0.2, 0.25) is 5.95 Å². The van der Waals surface area contributed by atoms with E-state index in [9.17, 15) is 0 Å². The van der Waals surface area contributed by atoms with Crippen LogP contribution >= 0.6 is 0 Å². The van der Waals surface area contributed by atoms with E-state index in [0.29, 0.717) is 5.95 Å². The average Bonchev–Trinajstić information content (AvgIpc) is 2.47. The Labute approximate surface area is 105 Å². The molecule has 4 nitrogen and oxygen atoms in total. The summed E-state index contributed by atoms with van der Waals surface area (Å²) in [6.45, 7) is 0. The number of nitrogens with one attached hydrogen (secondary N) is 1. The molecule has 0 aliphatic rings. The smallest absolute Gasteiger partial charge is 0.222 e. The summed E-state index contributed by atoms with van der Waals surface area (Å²) in [6, 6.07) is 11.9. The van der Waals surface area contributed by atoms with Gasteiger partial charge in [-0.05, 0) is 18.2 Å². The highest BCUT2D eigenvalue weighted by molar-refractivity contribution is 5.93. The van der Waals surface area contributed by atoms with Gasteiger partial charge < -0.3 is 5.32 Å². The molecular formula is C14H12N4. The lowest BCUT2D eigenvalue weighted by Gasteiger charge is -2.06. The van der Waals surface area contributed by atoms with Crippen molar-refractivity contribution in [3.05, 3.63) is 48.8 Å². The van der Waals surface area contributed by atoms with Crippen molar-refractivity contribution in [1.29, 1.82) is 0 Å². The van der Waals surface area contributed by atoms with E-state index in [1.807, 2.05) is 37.4 Å². The first-order valence-electron chi connectivity index (χ1n) is 5.73. The lowest BCUT2D eigenvalue weighted by atomic mass is 10.1. The monoisotopic (exact) mass is 236 g/mol. The first kappa shape index (κ1) is 10.7. The third-order valence-corrected chi connectivity index (χ3v) is 2.80. The van der Waals surface area contributed by atoms with Crippen LogP contribution in [0.1, 0.15) is 0 Å². The summed E-state index contributed by atoms with van der Waals surface area (Å²) < 4.78 is 0. The maximum absolute atomic E-state index is 4.46. The molecule has 0 saturated carbocycles. The molecule has 1 aromatic carbocycles. The number of anilines is 1. The zero-order valence-electron chi connectivity index (χ0n) is 9.96. The molecule has 0 bridgehead atoms. The van der Waals surface area contributed by atoms with E-state index < -0.39 is 0 Å². The minimum atomic E-state index is 0.619. The molecule has 3 aromatic rings. The zero-order chi connectivity index (χ0) is 12.4. The minimum absolute atomic E-state index is 0.619. The van der Waals surface area contributed by atoms with Gasteiger partial charge in [0.1, 0.15) is 0 Å². The molecule has 2 heterocycles. The Bertz CT molecular complexity index is 689. The molecule has 0 amide bonds. The second-order valence-electron chi connectivity index (χ2n) is 3.89. The second-order valence-corrected chi connectivity index (χ2v) is 3.89.